The van der Waals surface area contributed by atoms with Gasteiger partial charge in [-0.2, -0.15) is 0 Å². The maximum Gasteiger partial charge on any atom is 0.115 e. The highest BCUT2D eigenvalue weighted by molar-refractivity contribution is 9.09. The zero-order chi connectivity index (χ0) is 11.5. The lowest BCUT2D eigenvalue weighted by Gasteiger charge is -2.13. The molecular formula is C11H11BrO2S2. The van der Waals surface area contributed by atoms with E-state index < -0.39 is 12.2 Å². The van der Waals surface area contributed by atoms with Gasteiger partial charge < -0.3 is 10.2 Å². The second kappa shape index (κ2) is 5.42. The van der Waals surface area contributed by atoms with Gasteiger partial charge in [-0.3, -0.25) is 0 Å². The van der Waals surface area contributed by atoms with Crippen LogP contribution in [0.3, 0.4) is 0 Å². The molecule has 0 saturated carbocycles. The van der Waals surface area contributed by atoms with Crippen LogP contribution in [0.4, 0.5) is 0 Å². The van der Waals surface area contributed by atoms with E-state index in [4.69, 9.17) is 0 Å². The highest BCUT2D eigenvalue weighted by Crippen LogP contribution is 2.34. The molecule has 2 aromatic heterocycles. The minimum Gasteiger partial charge on any atom is -0.389 e. The van der Waals surface area contributed by atoms with Crippen molar-refractivity contribution in [1.82, 2.24) is 0 Å². The van der Waals surface area contributed by atoms with Gasteiger partial charge in [-0.15, -0.1) is 22.7 Å². The summed E-state index contributed by atoms with van der Waals surface area (Å²) in [7, 11) is 0. The van der Waals surface area contributed by atoms with Gasteiger partial charge >= 0.3 is 0 Å². The predicted molar refractivity (Wildman–Crippen MR) is 72.4 cm³/mol. The molecule has 0 radical (unpaired) electrons. The summed E-state index contributed by atoms with van der Waals surface area (Å²) in [5.41, 5.74) is 0. The quantitative estimate of drug-likeness (QED) is 0.849. The van der Waals surface area contributed by atoms with E-state index in [1.807, 2.05) is 29.6 Å². The Hall–Kier alpha value is -0.200. The Bertz CT molecular complexity index is 439. The normalized spacial score (nSPS) is 14.9. The van der Waals surface area contributed by atoms with Crippen LogP contribution in [0, 0.1) is 0 Å². The molecule has 2 nitrogen and oxygen atoms in total. The second-order valence-electron chi connectivity index (χ2n) is 3.35. The fraction of sp³-hybridized carbons (Fsp3) is 0.273. The lowest BCUT2D eigenvalue weighted by molar-refractivity contribution is 0.0366. The Morgan fingerprint density at radius 2 is 2.00 bits per heavy atom. The number of hydrogen-bond acceptors (Lipinski definition) is 4. The molecule has 5 heteroatoms. The van der Waals surface area contributed by atoms with Crippen molar-refractivity contribution >= 4 is 38.6 Å². The number of halogens is 1. The molecule has 2 rings (SSSR count). The molecule has 86 valence electrons. The molecule has 16 heavy (non-hydrogen) atoms. The zero-order valence-electron chi connectivity index (χ0n) is 8.34. The van der Waals surface area contributed by atoms with Crippen molar-refractivity contribution in [3.63, 3.8) is 0 Å². The van der Waals surface area contributed by atoms with Crippen LogP contribution < -0.4 is 0 Å². The van der Waals surface area contributed by atoms with Crippen molar-refractivity contribution in [2.45, 2.75) is 12.2 Å². The number of alkyl halides is 1. The first kappa shape index (κ1) is 12.3. The van der Waals surface area contributed by atoms with Gasteiger partial charge in [-0.1, -0.05) is 22.0 Å². The predicted octanol–water partition coefficient (Wildman–Crippen LogP) is 3.27. The molecule has 2 atom stereocenters. The first-order valence-corrected chi connectivity index (χ1v) is 7.60. The van der Waals surface area contributed by atoms with Gasteiger partial charge in [-0.05, 0) is 23.6 Å². The maximum absolute atomic E-state index is 9.83. The van der Waals surface area contributed by atoms with Gasteiger partial charge in [-0.25, -0.2) is 0 Å². The molecule has 0 aromatic carbocycles. The summed E-state index contributed by atoms with van der Waals surface area (Å²) in [6.07, 6.45) is -1.56. The van der Waals surface area contributed by atoms with Gasteiger partial charge in [0, 0.05) is 20.0 Å². The molecular weight excluding hydrogens is 308 g/mol. The van der Waals surface area contributed by atoms with Gasteiger partial charge in [0.15, 0.2) is 0 Å². The number of hydrogen-bond donors (Lipinski definition) is 2. The molecule has 2 N–H and O–H groups in total. The summed E-state index contributed by atoms with van der Waals surface area (Å²) < 4.78 is 0. The molecule has 0 aliphatic heterocycles. The molecule has 2 heterocycles. The number of rotatable bonds is 4. The van der Waals surface area contributed by atoms with Crippen LogP contribution in [0.15, 0.2) is 29.6 Å². The van der Waals surface area contributed by atoms with Gasteiger partial charge in [0.25, 0.3) is 0 Å². The highest BCUT2D eigenvalue weighted by Gasteiger charge is 2.19. The summed E-state index contributed by atoms with van der Waals surface area (Å²) >= 11 is 6.35. The fourth-order valence-electron chi connectivity index (χ4n) is 1.34. The minimum absolute atomic E-state index is 0.375. The Morgan fingerprint density at radius 1 is 1.19 bits per heavy atom. The Labute approximate surface area is 110 Å². The summed E-state index contributed by atoms with van der Waals surface area (Å²) in [6.45, 7) is 0. The fourth-order valence-corrected chi connectivity index (χ4v) is 3.58. The summed E-state index contributed by atoms with van der Waals surface area (Å²) in [5.74, 6) is 0. The van der Waals surface area contributed by atoms with Gasteiger partial charge in [0.05, 0.1) is 6.10 Å². The van der Waals surface area contributed by atoms with E-state index in [0.717, 1.165) is 9.75 Å². The zero-order valence-corrected chi connectivity index (χ0v) is 11.6. The Kier molecular flexibility index (Phi) is 4.16. The smallest absolute Gasteiger partial charge is 0.115 e. The minimum atomic E-state index is -0.807. The first-order chi connectivity index (χ1) is 7.72. The lowest BCUT2D eigenvalue weighted by Crippen LogP contribution is -2.18. The average molecular weight is 319 g/mol. The van der Waals surface area contributed by atoms with Crippen molar-refractivity contribution in [2.24, 2.45) is 0 Å². The standard InChI is InChI=1S/C11H11BrO2S2/c12-6-7(13)11(14)10-4-3-9(16-10)8-2-1-5-15-8/h1-5,7,11,13-14H,6H2. The third-order valence-electron chi connectivity index (χ3n) is 2.20. The molecule has 0 aliphatic carbocycles. The van der Waals surface area contributed by atoms with E-state index in [2.05, 4.69) is 15.9 Å². The van der Waals surface area contributed by atoms with E-state index in [-0.39, 0.29) is 0 Å². The van der Waals surface area contributed by atoms with Gasteiger partial charge in [0.2, 0.25) is 0 Å². The molecule has 0 amide bonds. The van der Waals surface area contributed by atoms with Crippen molar-refractivity contribution in [3.8, 4) is 9.75 Å². The molecule has 0 saturated heterocycles. The molecule has 0 bridgehead atoms. The monoisotopic (exact) mass is 318 g/mol. The van der Waals surface area contributed by atoms with E-state index >= 15 is 0 Å². The highest BCUT2D eigenvalue weighted by atomic mass is 79.9. The van der Waals surface area contributed by atoms with Crippen LogP contribution in [0.25, 0.3) is 9.75 Å². The van der Waals surface area contributed by atoms with Crippen molar-refractivity contribution < 1.29 is 10.2 Å². The van der Waals surface area contributed by atoms with Crippen LogP contribution in [0.1, 0.15) is 11.0 Å². The SMILES string of the molecule is OC(CBr)C(O)c1ccc(-c2cccs2)s1. The first-order valence-electron chi connectivity index (χ1n) is 4.78. The second-order valence-corrected chi connectivity index (χ2v) is 6.06. The average Bonchev–Trinajstić information content (AvgIpc) is 2.96. The Morgan fingerprint density at radius 3 is 2.62 bits per heavy atom. The topological polar surface area (TPSA) is 40.5 Å². The van der Waals surface area contributed by atoms with Crippen LogP contribution in [0.2, 0.25) is 0 Å². The summed E-state index contributed by atoms with van der Waals surface area (Å²) in [5, 5.41) is 21.8. The Balaban J connectivity index is 2.20. The summed E-state index contributed by atoms with van der Waals surface area (Å²) in [4.78, 5) is 3.12. The van der Waals surface area contributed by atoms with Gasteiger partial charge in [0.1, 0.15) is 6.10 Å². The third-order valence-corrected chi connectivity index (χ3v) is 5.09. The molecule has 0 spiro atoms. The third kappa shape index (κ3) is 2.55. The number of aliphatic hydroxyl groups excluding tert-OH is 2. The van der Waals surface area contributed by atoms with Crippen molar-refractivity contribution in [2.75, 3.05) is 5.33 Å². The van der Waals surface area contributed by atoms with E-state index in [9.17, 15) is 10.2 Å². The van der Waals surface area contributed by atoms with E-state index in [0.29, 0.717) is 5.33 Å². The molecule has 2 unspecified atom stereocenters. The molecule has 0 fully saturated rings. The van der Waals surface area contributed by atoms with Crippen LogP contribution in [0.5, 0.6) is 0 Å². The number of aliphatic hydroxyl groups is 2. The van der Waals surface area contributed by atoms with E-state index in [1.54, 1.807) is 11.3 Å². The van der Waals surface area contributed by atoms with Crippen LogP contribution in [-0.2, 0) is 0 Å². The molecule has 0 aliphatic rings. The largest absolute Gasteiger partial charge is 0.389 e. The van der Waals surface area contributed by atoms with Crippen molar-refractivity contribution in [3.05, 3.63) is 34.5 Å². The van der Waals surface area contributed by atoms with Crippen LogP contribution >= 0.6 is 38.6 Å². The maximum atomic E-state index is 9.83. The van der Waals surface area contributed by atoms with Crippen molar-refractivity contribution in [1.29, 1.82) is 0 Å². The number of thiophene rings is 2. The van der Waals surface area contributed by atoms with Crippen LogP contribution in [-0.4, -0.2) is 21.6 Å². The lowest BCUT2D eigenvalue weighted by atomic mass is 10.2. The summed E-state index contributed by atoms with van der Waals surface area (Å²) in [6, 6.07) is 7.91. The molecule has 2 aromatic rings. The van der Waals surface area contributed by atoms with E-state index in [1.165, 1.54) is 16.2 Å².